The number of sulfonamides is 1. The van der Waals surface area contributed by atoms with Gasteiger partial charge in [0.1, 0.15) is 19.0 Å². The second kappa shape index (κ2) is 14.0. The molecule has 0 saturated heterocycles. The maximum Gasteiger partial charge on any atom is 0.410 e. The van der Waals surface area contributed by atoms with Gasteiger partial charge in [-0.15, -0.1) is 0 Å². The van der Waals surface area contributed by atoms with E-state index in [9.17, 15) is 18.0 Å². The van der Waals surface area contributed by atoms with E-state index in [4.69, 9.17) is 18.9 Å². The van der Waals surface area contributed by atoms with Crippen LogP contribution in [-0.4, -0.2) is 69.3 Å². The Morgan fingerprint density at radius 2 is 1.59 bits per heavy atom. The average molecular weight is 708 g/mol. The lowest BCUT2D eigenvalue weighted by molar-refractivity contribution is 0.0947. The molecule has 2 heterocycles. The van der Waals surface area contributed by atoms with Crippen molar-refractivity contribution in [2.75, 3.05) is 44.0 Å². The minimum atomic E-state index is -4.03. The number of ether oxygens (including phenoxy) is 4. The Labute approximate surface area is 294 Å². The Hall–Kier alpha value is -6.15. The van der Waals surface area contributed by atoms with E-state index in [-0.39, 0.29) is 48.3 Å². The maximum atomic E-state index is 13.3. The minimum Gasteiger partial charge on any atom is -0.491 e. The first-order valence-electron chi connectivity index (χ1n) is 16.0. The van der Waals surface area contributed by atoms with Crippen molar-refractivity contribution in [1.29, 1.82) is 0 Å². The number of amides is 2. The van der Waals surface area contributed by atoms with E-state index in [0.29, 0.717) is 23.5 Å². The van der Waals surface area contributed by atoms with E-state index in [1.807, 2.05) is 24.3 Å². The minimum absolute atomic E-state index is 0.0390. The number of rotatable bonds is 9. The van der Waals surface area contributed by atoms with Gasteiger partial charge in [0.05, 0.1) is 32.2 Å². The average Bonchev–Trinajstić information content (AvgIpc) is 3.30. The van der Waals surface area contributed by atoms with Gasteiger partial charge in [-0.3, -0.25) is 9.52 Å². The zero-order valence-electron chi connectivity index (χ0n) is 27.7. The number of nitrogens with zero attached hydrogens (tertiary/aromatic N) is 3. The predicted octanol–water partition coefficient (Wildman–Crippen LogP) is 5.69. The quantitative estimate of drug-likeness (QED) is 0.195. The van der Waals surface area contributed by atoms with Crippen LogP contribution in [0.5, 0.6) is 17.6 Å². The Kier molecular flexibility index (Phi) is 9.15. The van der Waals surface area contributed by atoms with Crippen LogP contribution in [0.1, 0.15) is 33.0 Å². The van der Waals surface area contributed by atoms with Crippen LogP contribution in [0.15, 0.2) is 102 Å². The summed E-state index contributed by atoms with van der Waals surface area (Å²) in [7, 11) is -1.30. The first kappa shape index (κ1) is 33.4. The molecule has 2 amide bonds. The van der Waals surface area contributed by atoms with Crippen molar-refractivity contribution in [1.82, 2.24) is 14.9 Å². The van der Waals surface area contributed by atoms with Crippen molar-refractivity contribution in [3.8, 4) is 28.8 Å². The summed E-state index contributed by atoms with van der Waals surface area (Å²) in [5.74, 6) is 0.0977. The van der Waals surface area contributed by atoms with Crippen LogP contribution in [0.4, 0.5) is 16.3 Å². The molecule has 260 valence electrons. The molecule has 2 N–H and O–H groups in total. The Balaban J connectivity index is 0.973. The lowest BCUT2D eigenvalue weighted by Crippen LogP contribution is -2.33. The summed E-state index contributed by atoms with van der Waals surface area (Å²) < 4.78 is 50.2. The highest BCUT2D eigenvalue weighted by molar-refractivity contribution is 7.92. The SMILES string of the molecule is COc1cc(NS(=O)(=O)c2ccc(NC(=O)c3ccc4c(c3)OCCN(C(=O)OCC3c5ccccc5-c5ccccc53)C4)cc2)nc(OC)n1. The zero-order chi connectivity index (χ0) is 35.5. The molecular weight excluding hydrogens is 675 g/mol. The fourth-order valence-electron chi connectivity index (χ4n) is 6.12. The third-order valence-electron chi connectivity index (χ3n) is 8.64. The van der Waals surface area contributed by atoms with Gasteiger partial charge in [-0.2, -0.15) is 9.97 Å². The third-order valence-corrected chi connectivity index (χ3v) is 10.0. The highest BCUT2D eigenvalue weighted by Gasteiger charge is 2.30. The number of carbonyl (C=O) groups is 2. The molecule has 0 saturated carbocycles. The van der Waals surface area contributed by atoms with Gasteiger partial charge >= 0.3 is 12.1 Å². The second-order valence-electron chi connectivity index (χ2n) is 11.8. The number of hydrogen-bond donors (Lipinski definition) is 2. The van der Waals surface area contributed by atoms with Gasteiger partial charge in [-0.05, 0) is 58.7 Å². The smallest absolute Gasteiger partial charge is 0.410 e. The normalized spacial score (nSPS) is 13.5. The maximum absolute atomic E-state index is 13.3. The van der Waals surface area contributed by atoms with Crippen molar-refractivity contribution in [2.45, 2.75) is 17.4 Å². The summed E-state index contributed by atoms with van der Waals surface area (Å²) in [5.41, 5.74) is 6.04. The lowest BCUT2D eigenvalue weighted by atomic mass is 9.98. The van der Waals surface area contributed by atoms with Crippen LogP contribution in [-0.2, 0) is 21.3 Å². The fourth-order valence-corrected chi connectivity index (χ4v) is 7.11. The van der Waals surface area contributed by atoms with E-state index in [1.54, 1.807) is 23.1 Å². The number of nitrogens with one attached hydrogen (secondary N) is 2. The van der Waals surface area contributed by atoms with E-state index in [1.165, 1.54) is 44.6 Å². The fraction of sp³-hybridized carbons (Fsp3) is 0.189. The molecule has 0 radical (unpaired) electrons. The lowest BCUT2D eigenvalue weighted by Gasteiger charge is -2.21. The van der Waals surface area contributed by atoms with Crippen molar-refractivity contribution in [3.63, 3.8) is 0 Å². The van der Waals surface area contributed by atoms with Gasteiger partial charge in [0.25, 0.3) is 15.9 Å². The molecule has 1 aliphatic heterocycles. The number of benzene rings is 4. The van der Waals surface area contributed by atoms with Gasteiger partial charge in [0.15, 0.2) is 5.82 Å². The summed E-state index contributed by atoms with van der Waals surface area (Å²) in [6, 6.07) is 28.3. The van der Waals surface area contributed by atoms with Crippen LogP contribution in [0.25, 0.3) is 11.1 Å². The molecule has 0 bridgehead atoms. The molecule has 0 spiro atoms. The molecule has 0 fully saturated rings. The number of carbonyl (C=O) groups excluding carboxylic acids is 2. The van der Waals surface area contributed by atoms with Crippen LogP contribution in [0.2, 0.25) is 0 Å². The Morgan fingerprint density at radius 3 is 2.27 bits per heavy atom. The monoisotopic (exact) mass is 707 g/mol. The molecule has 51 heavy (non-hydrogen) atoms. The summed E-state index contributed by atoms with van der Waals surface area (Å²) in [6.07, 6.45) is -0.438. The molecule has 2 aliphatic rings. The summed E-state index contributed by atoms with van der Waals surface area (Å²) >= 11 is 0. The van der Waals surface area contributed by atoms with Crippen LogP contribution < -0.4 is 24.2 Å². The van der Waals surface area contributed by atoms with E-state index >= 15 is 0 Å². The number of anilines is 2. The molecule has 1 aromatic heterocycles. The van der Waals surface area contributed by atoms with Gasteiger partial charge in [0.2, 0.25) is 5.88 Å². The molecule has 0 atom stereocenters. The Bertz CT molecular complexity index is 2160. The largest absolute Gasteiger partial charge is 0.491 e. The molecule has 7 rings (SSSR count). The highest BCUT2D eigenvalue weighted by Crippen LogP contribution is 2.44. The van der Waals surface area contributed by atoms with Gasteiger partial charge in [-0.1, -0.05) is 54.6 Å². The van der Waals surface area contributed by atoms with E-state index in [0.717, 1.165) is 27.8 Å². The van der Waals surface area contributed by atoms with Gasteiger partial charge in [-0.25, -0.2) is 13.2 Å². The number of fused-ring (bicyclic) bond motifs is 4. The highest BCUT2D eigenvalue weighted by atomic mass is 32.2. The summed E-state index contributed by atoms with van der Waals surface area (Å²) in [4.78, 5) is 35.9. The van der Waals surface area contributed by atoms with E-state index in [2.05, 4.69) is 44.3 Å². The third kappa shape index (κ3) is 6.99. The summed E-state index contributed by atoms with van der Waals surface area (Å²) in [5, 5.41) is 2.78. The van der Waals surface area contributed by atoms with Crippen molar-refractivity contribution in [2.24, 2.45) is 0 Å². The molecule has 13 nitrogen and oxygen atoms in total. The number of aromatic nitrogens is 2. The van der Waals surface area contributed by atoms with Gasteiger partial charge in [0, 0.05) is 28.8 Å². The Morgan fingerprint density at radius 1 is 0.882 bits per heavy atom. The molecule has 1 aliphatic carbocycles. The topological polar surface area (TPSA) is 158 Å². The van der Waals surface area contributed by atoms with Gasteiger partial charge < -0.3 is 29.2 Å². The first-order chi connectivity index (χ1) is 24.7. The van der Waals surface area contributed by atoms with Crippen molar-refractivity contribution < 1.29 is 37.0 Å². The van der Waals surface area contributed by atoms with E-state index < -0.39 is 22.0 Å². The molecule has 0 unspecified atom stereocenters. The van der Waals surface area contributed by atoms with Crippen molar-refractivity contribution >= 4 is 33.5 Å². The van der Waals surface area contributed by atoms with Crippen LogP contribution >= 0.6 is 0 Å². The van der Waals surface area contributed by atoms with Crippen LogP contribution in [0, 0.1) is 0 Å². The second-order valence-corrected chi connectivity index (χ2v) is 13.4. The zero-order valence-corrected chi connectivity index (χ0v) is 28.5. The standard InChI is InChI=1S/C37H33N5O8S/c1-47-34-20-33(39-36(40-34)48-2)41-51(45,46)26-15-13-25(14-16-26)38-35(43)23-11-12-24-21-42(17-18-49-32(24)19-23)37(44)50-22-31-29-9-5-3-7-27(29)28-8-4-6-10-30(28)31/h3-16,19-20,31H,17-18,21-22H2,1-2H3,(H,38,43)(H,39,40,41). The molecule has 5 aromatic rings. The van der Waals surface area contributed by atoms with Crippen LogP contribution in [0.3, 0.4) is 0 Å². The predicted molar refractivity (Wildman–Crippen MR) is 188 cm³/mol. The number of hydrogen-bond acceptors (Lipinski definition) is 10. The molecule has 14 heteroatoms. The molecule has 4 aromatic carbocycles. The number of methoxy groups -OCH3 is 2. The first-order valence-corrected chi connectivity index (χ1v) is 17.5. The summed E-state index contributed by atoms with van der Waals surface area (Å²) in [6.45, 7) is 1.01. The van der Waals surface area contributed by atoms with Crippen molar-refractivity contribution in [3.05, 3.63) is 119 Å². The molecular formula is C37H33N5O8S.